The molecule has 134 valence electrons. The van der Waals surface area contributed by atoms with Crippen LogP contribution >= 0.6 is 0 Å². The van der Waals surface area contributed by atoms with E-state index in [2.05, 4.69) is 51.3 Å². The first-order valence-corrected chi connectivity index (χ1v) is 7.79. The fourth-order valence-electron chi connectivity index (χ4n) is 2.76. The molecular formula is C18H2N12. The van der Waals surface area contributed by atoms with E-state index in [9.17, 15) is 15.8 Å². The van der Waals surface area contributed by atoms with Crippen LogP contribution in [0, 0.1) is 47.1 Å². The van der Waals surface area contributed by atoms with Crippen molar-refractivity contribution in [1.82, 2.24) is 29.9 Å². The number of nitrogens with zero attached hydrogens (tertiary/aromatic N) is 12. The van der Waals surface area contributed by atoms with Gasteiger partial charge in [0, 0.05) is 0 Å². The lowest BCUT2D eigenvalue weighted by Crippen LogP contribution is -2.02. The summed E-state index contributed by atoms with van der Waals surface area (Å²) in [6, 6.07) is 5.41. The predicted molar refractivity (Wildman–Crippen MR) is 102 cm³/mol. The van der Waals surface area contributed by atoms with E-state index in [1.165, 1.54) is 0 Å². The van der Waals surface area contributed by atoms with Crippen molar-refractivity contribution in [3.05, 3.63) is 39.9 Å². The highest BCUT2D eigenvalue weighted by atomic mass is 15.0. The number of rotatable bonds is 1. The van der Waals surface area contributed by atoms with Gasteiger partial charge in [-0.3, -0.25) is 0 Å². The van der Waals surface area contributed by atoms with Gasteiger partial charge in [-0.2, -0.15) is 15.8 Å². The molecule has 0 bridgehead atoms. The lowest BCUT2D eigenvalue weighted by atomic mass is 10.1. The van der Waals surface area contributed by atoms with Crippen molar-refractivity contribution in [1.29, 1.82) is 15.8 Å². The number of hydrogen-bond donors (Lipinski definition) is 0. The van der Waals surface area contributed by atoms with Crippen LogP contribution in [0.3, 0.4) is 0 Å². The molecule has 4 rings (SSSR count). The third kappa shape index (κ3) is 2.32. The van der Waals surface area contributed by atoms with Gasteiger partial charge in [-0.15, -0.1) is 9.97 Å². The van der Waals surface area contributed by atoms with Crippen molar-refractivity contribution in [2.75, 3.05) is 0 Å². The Kier molecular flexibility index (Phi) is 3.85. The minimum Gasteiger partial charge on any atom is -0.370 e. The monoisotopic (exact) mass is 386 g/mol. The van der Waals surface area contributed by atoms with Gasteiger partial charge in [0.25, 0.3) is 11.6 Å². The van der Waals surface area contributed by atoms with Crippen LogP contribution in [-0.4, -0.2) is 36.6 Å². The van der Waals surface area contributed by atoms with Crippen molar-refractivity contribution in [3.8, 4) is 18.2 Å². The first-order valence-electron chi connectivity index (χ1n) is 7.79. The Hall–Kier alpha value is -5.64. The third-order valence-electron chi connectivity index (χ3n) is 3.99. The van der Waals surface area contributed by atoms with Crippen LogP contribution < -0.4 is 0 Å². The Bertz CT molecular complexity index is 1620. The molecule has 0 saturated carbocycles. The summed E-state index contributed by atoms with van der Waals surface area (Å²) in [6.45, 7) is 17.9. The number of benzene rings is 1. The van der Waals surface area contributed by atoms with E-state index < -0.39 is 0 Å². The molecule has 0 aliphatic rings. The molecule has 30 heavy (non-hydrogen) atoms. The van der Waals surface area contributed by atoms with Gasteiger partial charge >= 0.3 is 0 Å². The molecule has 0 saturated heterocycles. The number of nitriles is 3. The summed E-state index contributed by atoms with van der Waals surface area (Å²) in [5.74, 6) is -0.612. The van der Waals surface area contributed by atoms with Gasteiger partial charge in [-0.25, -0.2) is 24.9 Å². The Morgan fingerprint density at radius 2 is 1.00 bits per heavy atom. The molecule has 0 spiro atoms. The minimum atomic E-state index is -0.272. The van der Waals surface area contributed by atoms with Gasteiger partial charge in [0.05, 0.1) is 0 Å². The van der Waals surface area contributed by atoms with E-state index in [4.69, 9.17) is 13.1 Å². The molecule has 3 aromatic heterocycles. The van der Waals surface area contributed by atoms with Crippen LogP contribution in [0.1, 0.15) is 17.1 Å². The quantitative estimate of drug-likeness (QED) is 0.271. The lowest BCUT2D eigenvalue weighted by Gasteiger charge is -2.06. The van der Waals surface area contributed by atoms with Crippen LogP contribution in [0.15, 0.2) is 4.99 Å². The second kappa shape index (κ2) is 6.51. The zero-order valence-electron chi connectivity index (χ0n) is 14.6. The summed E-state index contributed by atoms with van der Waals surface area (Å²) in [7, 11) is 0. The Balaban J connectivity index is 2.42. The van der Waals surface area contributed by atoms with E-state index in [-0.39, 0.29) is 67.6 Å². The first kappa shape index (κ1) is 17.8. The fraction of sp³-hybridized carbons (Fsp3) is 0. The molecule has 0 radical (unpaired) electrons. The van der Waals surface area contributed by atoms with E-state index in [0.29, 0.717) is 0 Å². The van der Waals surface area contributed by atoms with Crippen molar-refractivity contribution >= 4 is 57.3 Å². The second-order valence-electron chi connectivity index (χ2n) is 5.50. The van der Waals surface area contributed by atoms with Crippen molar-refractivity contribution in [3.63, 3.8) is 0 Å². The van der Waals surface area contributed by atoms with E-state index in [1.54, 1.807) is 12.1 Å². The minimum absolute atomic E-state index is 0.0273. The maximum atomic E-state index is 9.36. The van der Waals surface area contributed by atoms with Gasteiger partial charge in [-0.05, 0) is 6.72 Å². The van der Waals surface area contributed by atoms with Crippen LogP contribution in [0.25, 0.3) is 42.8 Å². The maximum absolute atomic E-state index is 9.36. The Morgan fingerprint density at radius 1 is 0.633 bits per heavy atom. The van der Waals surface area contributed by atoms with E-state index in [0.717, 1.165) is 0 Å². The van der Waals surface area contributed by atoms with Gasteiger partial charge in [-0.1, -0.05) is 13.1 Å². The molecule has 0 fully saturated rings. The summed E-state index contributed by atoms with van der Waals surface area (Å²) in [5, 5.41) is 28.0. The molecule has 0 aliphatic heterocycles. The number of hydrogen-bond acceptors (Lipinski definition) is 10. The average Bonchev–Trinajstić information content (AvgIpc) is 2.81. The smallest absolute Gasteiger partial charge is 0.294 e. The number of aromatic nitrogens is 6. The molecular weight excluding hydrogens is 384 g/mol. The maximum Gasteiger partial charge on any atom is 0.294 e. The molecule has 0 N–H and O–H groups in total. The normalized spacial score (nSPS) is 9.97. The second-order valence-corrected chi connectivity index (χ2v) is 5.50. The zero-order valence-corrected chi connectivity index (χ0v) is 14.6. The van der Waals surface area contributed by atoms with Crippen LogP contribution in [0.2, 0.25) is 0 Å². The molecule has 12 heteroatoms. The van der Waals surface area contributed by atoms with Crippen LogP contribution in [0.4, 0.5) is 17.5 Å². The van der Waals surface area contributed by atoms with Crippen LogP contribution in [0.5, 0.6) is 0 Å². The molecule has 3 heterocycles. The predicted octanol–water partition coefficient (Wildman–Crippen LogP) is 2.56. The highest BCUT2D eigenvalue weighted by Crippen LogP contribution is 2.35. The topological polar surface area (TPSA) is 170 Å². The molecule has 4 aromatic rings. The fourth-order valence-corrected chi connectivity index (χ4v) is 2.76. The first-order chi connectivity index (χ1) is 14.6. The molecule has 1 aromatic carbocycles. The highest BCUT2D eigenvalue weighted by molar-refractivity contribution is 6.19. The lowest BCUT2D eigenvalue weighted by molar-refractivity contribution is 1.18. The SMILES string of the molecule is [C-]#[N+]c1nc2c3nc(C#N)c(C#N)nc3c3nc(C#N)c(N=C)nc3c2nc1[N+]#[C-]. The molecule has 0 atom stereocenters. The zero-order chi connectivity index (χ0) is 21.4. The number of fused-ring (bicyclic) bond motifs is 6. The van der Waals surface area contributed by atoms with Gasteiger partial charge in [0.15, 0.2) is 22.9 Å². The molecule has 0 amide bonds. The largest absolute Gasteiger partial charge is 0.370 e. The van der Waals surface area contributed by atoms with E-state index >= 15 is 0 Å². The van der Waals surface area contributed by atoms with Gasteiger partial charge in [0.2, 0.25) is 11.0 Å². The molecule has 12 nitrogen and oxygen atoms in total. The summed E-state index contributed by atoms with van der Waals surface area (Å²) >= 11 is 0. The molecule has 0 aliphatic carbocycles. The van der Waals surface area contributed by atoms with Gasteiger partial charge < -0.3 is 9.69 Å². The van der Waals surface area contributed by atoms with Crippen molar-refractivity contribution in [2.45, 2.75) is 0 Å². The third-order valence-corrected chi connectivity index (χ3v) is 3.99. The van der Waals surface area contributed by atoms with Crippen molar-refractivity contribution in [2.24, 2.45) is 4.99 Å². The number of aliphatic imine (C=N–C) groups is 1. The van der Waals surface area contributed by atoms with Crippen LogP contribution in [-0.2, 0) is 0 Å². The van der Waals surface area contributed by atoms with Gasteiger partial charge in [0.1, 0.15) is 40.3 Å². The highest BCUT2D eigenvalue weighted by Gasteiger charge is 2.26. The summed E-state index contributed by atoms with van der Waals surface area (Å²) in [6.07, 6.45) is 0. The van der Waals surface area contributed by atoms with E-state index in [1.807, 2.05) is 6.07 Å². The summed E-state index contributed by atoms with van der Waals surface area (Å²) in [4.78, 5) is 35.2. The molecule has 0 unspecified atom stereocenters. The summed E-state index contributed by atoms with van der Waals surface area (Å²) < 4.78 is 0. The summed E-state index contributed by atoms with van der Waals surface area (Å²) in [5.41, 5.74) is -0.380. The Labute approximate surface area is 166 Å². The Morgan fingerprint density at radius 3 is 1.37 bits per heavy atom. The standard InChI is InChI=1S/C18H2N12/c1-22-16-9(6-21)27-12-10-11(26-8(5-20)7(4-19)25-10)14-15(13(12)28-16)30-18(24-3)17(23-2)29-14/h1H2. The average molecular weight is 386 g/mol. The van der Waals surface area contributed by atoms with Crippen molar-refractivity contribution < 1.29 is 0 Å².